The van der Waals surface area contributed by atoms with Crippen LogP contribution in [0.4, 0.5) is 0 Å². The molecule has 2 saturated heterocycles. The van der Waals surface area contributed by atoms with Crippen molar-refractivity contribution in [2.75, 3.05) is 26.4 Å². The van der Waals surface area contributed by atoms with Gasteiger partial charge < -0.3 is 64.2 Å². The third kappa shape index (κ3) is 27.4. The molecule has 0 spiro atoms. The number of unbranched alkanes of at least 4 members (excludes halogenated alkanes) is 14. The summed E-state index contributed by atoms with van der Waals surface area (Å²) < 4.78 is 33.5. The minimum atomic E-state index is -1.78. The summed E-state index contributed by atoms with van der Waals surface area (Å²) in [6.07, 6.45) is 26.0. The van der Waals surface area contributed by atoms with Crippen LogP contribution in [0.3, 0.4) is 0 Å². The maximum Gasteiger partial charge on any atom is 0.306 e. The van der Waals surface area contributed by atoms with Crippen molar-refractivity contribution < 1.29 is 73.8 Å². The molecule has 0 saturated carbocycles. The Balaban J connectivity index is 1.84. The molecule has 0 aliphatic carbocycles. The first-order valence-corrected chi connectivity index (χ1v) is 25.6. The SMILES string of the molecule is CCC/C=C/C/C=C/C/C=C/C/C=C/CCCCCC(=O)OC[C@@H](CO[C@@H]1O[C@H](CO[C@@H]2O[C@H](CO)[C@H](O)C(O)C2O)[C@H](O)C(O)C1O)OC(=O)CCCCCCCC=C=CCCCCCCC. The monoisotopic (exact) mass is 965 g/mol. The fourth-order valence-corrected chi connectivity index (χ4v) is 7.48. The van der Waals surface area contributed by atoms with Gasteiger partial charge in [-0.05, 0) is 89.2 Å². The molecule has 15 nitrogen and oxygen atoms in total. The van der Waals surface area contributed by atoms with Crippen LogP contribution in [0.1, 0.15) is 162 Å². The second-order valence-electron chi connectivity index (χ2n) is 17.7. The van der Waals surface area contributed by atoms with E-state index in [0.29, 0.717) is 12.8 Å². The van der Waals surface area contributed by atoms with E-state index in [1.807, 2.05) is 0 Å². The van der Waals surface area contributed by atoms with Crippen molar-refractivity contribution in [2.24, 2.45) is 0 Å². The first-order chi connectivity index (χ1) is 33.0. The standard InChI is InChI=1S/C53H88O15/c1-3-5-7-9-11-13-15-17-19-20-22-23-25-27-29-31-33-35-44(55)63-38-41(66-45(56)36-34-32-30-28-26-24-21-18-16-14-12-10-8-6-4-2)39-64-52-51(62)49(60)47(58)43(68-52)40-65-53-50(61)48(59)46(57)42(37-54)67-53/h7,9,13,15-16,19-21,23,25,41-43,46-54,57-62H,3-6,8,10-12,14,17,22,24,26-40H2,1-2H3/b9-7+,15-13+,20-19+,25-23+/t18?,41-,42+,43+,46-,47-,48?,49?,50?,51?,52+,53+/m0/s1. The molecule has 7 N–H and O–H groups in total. The first-order valence-electron chi connectivity index (χ1n) is 25.6. The number of carbonyl (C=O) groups is 2. The molecule has 4 unspecified atom stereocenters. The fourth-order valence-electron chi connectivity index (χ4n) is 7.48. The molecule has 11 atom stereocenters. The molecule has 68 heavy (non-hydrogen) atoms. The lowest BCUT2D eigenvalue weighted by atomic mass is 9.98. The molecule has 0 bridgehead atoms. The Hall–Kier alpha value is -3.02. The van der Waals surface area contributed by atoms with Crippen LogP contribution in [0.5, 0.6) is 0 Å². The predicted octanol–water partition coefficient (Wildman–Crippen LogP) is 7.03. The van der Waals surface area contributed by atoms with E-state index in [-0.39, 0.29) is 19.4 Å². The van der Waals surface area contributed by atoms with Crippen molar-refractivity contribution in [3.05, 3.63) is 66.5 Å². The zero-order valence-electron chi connectivity index (χ0n) is 41.1. The number of hydrogen-bond donors (Lipinski definition) is 7. The second-order valence-corrected chi connectivity index (χ2v) is 17.7. The lowest BCUT2D eigenvalue weighted by molar-refractivity contribution is -0.332. The van der Waals surface area contributed by atoms with Crippen LogP contribution in [0.15, 0.2) is 66.5 Å². The van der Waals surface area contributed by atoms with E-state index in [4.69, 9.17) is 28.4 Å². The lowest BCUT2D eigenvalue weighted by Crippen LogP contribution is -2.61. The van der Waals surface area contributed by atoms with Crippen LogP contribution >= 0.6 is 0 Å². The van der Waals surface area contributed by atoms with Crippen molar-refractivity contribution in [2.45, 2.75) is 229 Å². The van der Waals surface area contributed by atoms with Gasteiger partial charge in [0.1, 0.15) is 55.4 Å². The molecule has 0 aromatic carbocycles. The van der Waals surface area contributed by atoms with Crippen molar-refractivity contribution in [1.82, 2.24) is 0 Å². The number of allylic oxidation sites excluding steroid dienone is 9. The van der Waals surface area contributed by atoms with Crippen molar-refractivity contribution in [1.29, 1.82) is 0 Å². The number of aliphatic hydroxyl groups excluding tert-OH is 7. The summed E-state index contributed by atoms with van der Waals surface area (Å²) in [5.41, 5.74) is 3.28. The molecule has 0 aromatic rings. The molecular formula is C53H88O15. The fraction of sp³-hybridized carbons (Fsp3) is 0.755. The van der Waals surface area contributed by atoms with Crippen molar-refractivity contribution in [3.8, 4) is 0 Å². The minimum absolute atomic E-state index is 0.134. The van der Waals surface area contributed by atoms with Crippen LogP contribution in [0, 0.1) is 0 Å². The van der Waals surface area contributed by atoms with E-state index in [0.717, 1.165) is 83.5 Å². The summed E-state index contributed by atoms with van der Waals surface area (Å²) in [6.45, 7) is 2.43. The maximum atomic E-state index is 13.0. The third-order valence-electron chi connectivity index (χ3n) is 11.7. The second kappa shape index (κ2) is 39.7. The molecule has 0 aromatic heterocycles. The van der Waals surface area contributed by atoms with E-state index >= 15 is 0 Å². The van der Waals surface area contributed by atoms with Gasteiger partial charge in [0, 0.05) is 12.8 Å². The number of aliphatic hydroxyl groups is 7. The van der Waals surface area contributed by atoms with Crippen LogP contribution in [0.25, 0.3) is 0 Å². The normalized spacial score (nSPS) is 25.9. The lowest BCUT2D eigenvalue weighted by Gasteiger charge is -2.42. The maximum absolute atomic E-state index is 13.0. The van der Waals surface area contributed by atoms with E-state index in [1.165, 1.54) is 38.5 Å². The molecule has 0 radical (unpaired) electrons. The quantitative estimate of drug-likeness (QED) is 0.0143. The van der Waals surface area contributed by atoms with Crippen LogP contribution in [-0.4, -0.2) is 142 Å². The highest BCUT2D eigenvalue weighted by Gasteiger charge is 2.47. The van der Waals surface area contributed by atoms with Crippen LogP contribution in [0.2, 0.25) is 0 Å². The van der Waals surface area contributed by atoms with Crippen molar-refractivity contribution in [3.63, 3.8) is 0 Å². The molecule has 390 valence electrons. The number of hydrogen-bond acceptors (Lipinski definition) is 15. The highest BCUT2D eigenvalue weighted by atomic mass is 16.7. The summed E-state index contributed by atoms with van der Waals surface area (Å²) in [7, 11) is 0. The van der Waals surface area contributed by atoms with Crippen LogP contribution < -0.4 is 0 Å². The van der Waals surface area contributed by atoms with Gasteiger partial charge in [0.15, 0.2) is 18.7 Å². The summed E-state index contributed by atoms with van der Waals surface area (Å²) in [6, 6.07) is 0. The van der Waals surface area contributed by atoms with Gasteiger partial charge >= 0.3 is 11.9 Å². The first kappa shape index (κ1) is 61.1. The predicted molar refractivity (Wildman–Crippen MR) is 260 cm³/mol. The Kier molecular flexibility index (Phi) is 35.6. The summed E-state index contributed by atoms with van der Waals surface area (Å²) >= 11 is 0. The molecule has 2 rings (SSSR count). The van der Waals surface area contributed by atoms with Gasteiger partial charge in [-0.2, -0.15) is 0 Å². The van der Waals surface area contributed by atoms with Gasteiger partial charge in [-0.15, -0.1) is 5.73 Å². The average molecular weight is 965 g/mol. The smallest absolute Gasteiger partial charge is 0.306 e. The highest BCUT2D eigenvalue weighted by Crippen LogP contribution is 2.26. The summed E-state index contributed by atoms with van der Waals surface area (Å²) in [4.78, 5) is 25.7. The molecule has 0 amide bonds. The van der Waals surface area contributed by atoms with Gasteiger partial charge in [0.05, 0.1) is 19.8 Å². The van der Waals surface area contributed by atoms with Crippen molar-refractivity contribution >= 4 is 11.9 Å². The van der Waals surface area contributed by atoms with E-state index in [2.05, 4.69) is 80.3 Å². The van der Waals surface area contributed by atoms with E-state index < -0.39 is 99.3 Å². The number of esters is 2. The molecule has 2 fully saturated rings. The molecule has 2 aliphatic rings. The number of ether oxygens (including phenoxy) is 6. The average Bonchev–Trinajstić information content (AvgIpc) is 3.33. The summed E-state index contributed by atoms with van der Waals surface area (Å²) in [5.74, 6) is -0.988. The molecule has 2 heterocycles. The van der Waals surface area contributed by atoms with Gasteiger partial charge in [0.25, 0.3) is 0 Å². The van der Waals surface area contributed by atoms with E-state index in [9.17, 15) is 45.3 Å². The molecule has 15 heteroatoms. The molecule has 2 aliphatic heterocycles. The zero-order chi connectivity index (χ0) is 49.6. The minimum Gasteiger partial charge on any atom is -0.462 e. The number of rotatable bonds is 38. The number of carbonyl (C=O) groups excluding carboxylic acids is 2. The third-order valence-corrected chi connectivity index (χ3v) is 11.7. The largest absolute Gasteiger partial charge is 0.462 e. The van der Waals surface area contributed by atoms with E-state index in [1.54, 1.807) is 0 Å². The Bertz CT molecular complexity index is 1470. The highest BCUT2D eigenvalue weighted by molar-refractivity contribution is 5.70. The molecular weight excluding hydrogens is 877 g/mol. The zero-order valence-corrected chi connectivity index (χ0v) is 41.1. The Morgan fingerprint density at radius 3 is 1.60 bits per heavy atom. The Morgan fingerprint density at radius 2 is 1.00 bits per heavy atom. The Morgan fingerprint density at radius 1 is 0.515 bits per heavy atom. The summed E-state index contributed by atoms with van der Waals surface area (Å²) in [5, 5.41) is 72.1. The Labute approximate surface area is 406 Å². The van der Waals surface area contributed by atoms with Gasteiger partial charge in [0.2, 0.25) is 0 Å². The topological polar surface area (TPSA) is 231 Å². The van der Waals surface area contributed by atoms with Crippen LogP contribution in [-0.2, 0) is 38.0 Å². The van der Waals surface area contributed by atoms with Gasteiger partial charge in [-0.25, -0.2) is 0 Å². The van der Waals surface area contributed by atoms with Gasteiger partial charge in [-0.3, -0.25) is 9.59 Å². The van der Waals surface area contributed by atoms with Gasteiger partial charge in [-0.1, -0.05) is 120 Å².